The third-order valence-corrected chi connectivity index (χ3v) is 3.83. The summed E-state index contributed by atoms with van der Waals surface area (Å²) in [5.41, 5.74) is 7.01. The summed E-state index contributed by atoms with van der Waals surface area (Å²) in [6.45, 7) is 0.207. The molecule has 2 aromatic carbocycles. The Kier molecular flexibility index (Phi) is 3.47. The monoisotopic (exact) mass is 348 g/mol. The summed E-state index contributed by atoms with van der Waals surface area (Å²) >= 11 is 3.44. The molecule has 2 aromatic rings. The van der Waals surface area contributed by atoms with Crippen LogP contribution in [0.5, 0.6) is 17.2 Å². The van der Waals surface area contributed by atoms with Crippen LogP contribution < -0.4 is 10.5 Å². The molecule has 108 valence electrons. The van der Waals surface area contributed by atoms with Gasteiger partial charge >= 0.3 is 0 Å². The number of phenols is 1. The lowest BCUT2D eigenvalue weighted by Gasteiger charge is -2.28. The van der Waals surface area contributed by atoms with Crippen LogP contribution in [0.15, 0.2) is 40.9 Å². The number of phenolic OH excluding ortho intramolecular Hbond substituents is 1. The Morgan fingerprint density at radius 3 is 2.62 bits per heavy atom. The van der Waals surface area contributed by atoms with E-state index in [2.05, 4.69) is 15.9 Å². The third-order valence-electron chi connectivity index (χ3n) is 3.34. The molecule has 1 unspecified atom stereocenters. The second-order valence-electron chi connectivity index (χ2n) is 4.73. The zero-order valence-corrected chi connectivity index (χ0v) is 12.6. The highest BCUT2D eigenvalue weighted by Crippen LogP contribution is 2.46. The van der Waals surface area contributed by atoms with Gasteiger partial charge in [0, 0.05) is 15.6 Å². The Morgan fingerprint density at radius 1 is 1.24 bits per heavy atom. The third kappa shape index (κ3) is 2.67. The maximum atomic E-state index is 9.71. The van der Waals surface area contributed by atoms with E-state index in [1.165, 1.54) is 0 Å². The maximum Gasteiger partial charge on any atom is 0.279 e. The van der Waals surface area contributed by atoms with Crippen LogP contribution in [0.1, 0.15) is 17.0 Å². The molecule has 1 heterocycles. The molecule has 0 radical (unpaired) electrons. The van der Waals surface area contributed by atoms with Gasteiger partial charge in [0.1, 0.15) is 23.9 Å². The minimum Gasteiger partial charge on any atom is -0.508 e. The van der Waals surface area contributed by atoms with E-state index >= 15 is 0 Å². The number of hydrogen-bond acceptors (Lipinski definition) is 4. The number of hydrogen-bond donors (Lipinski definition) is 3. The first kappa shape index (κ1) is 13.8. The van der Waals surface area contributed by atoms with Gasteiger partial charge in [-0.15, -0.1) is 0 Å². The Balaban J connectivity index is 2.09. The second-order valence-corrected chi connectivity index (χ2v) is 5.65. The molecule has 3 rings (SSSR count). The lowest BCUT2D eigenvalue weighted by atomic mass is 9.88. The molecule has 0 bridgehead atoms. The summed E-state index contributed by atoms with van der Waals surface area (Å²) < 4.78 is 12.0. The lowest BCUT2D eigenvalue weighted by Crippen LogP contribution is -2.21. The molecule has 0 aliphatic carbocycles. The Morgan fingerprint density at radius 2 is 1.90 bits per heavy atom. The van der Waals surface area contributed by atoms with Crippen LogP contribution in [0.2, 0.25) is 0 Å². The fourth-order valence-corrected chi connectivity index (χ4v) is 2.80. The highest BCUT2D eigenvalue weighted by Gasteiger charge is 2.28. The molecule has 21 heavy (non-hydrogen) atoms. The molecule has 5 nitrogen and oxygen atoms in total. The van der Waals surface area contributed by atoms with Crippen LogP contribution in [0.3, 0.4) is 0 Å². The molecule has 1 atom stereocenters. The normalized spacial score (nSPS) is 15.6. The van der Waals surface area contributed by atoms with Gasteiger partial charge in [-0.2, -0.15) is 0 Å². The summed E-state index contributed by atoms with van der Waals surface area (Å²) in [7, 11) is 0. The van der Waals surface area contributed by atoms with Gasteiger partial charge in [0.05, 0.1) is 5.92 Å². The van der Waals surface area contributed by atoms with Crippen molar-refractivity contribution in [3.63, 3.8) is 0 Å². The van der Waals surface area contributed by atoms with Crippen LogP contribution in [0.4, 0.5) is 0 Å². The largest absolute Gasteiger partial charge is 0.508 e. The average Bonchev–Trinajstić information content (AvgIpc) is 2.44. The van der Waals surface area contributed by atoms with Crippen molar-refractivity contribution >= 4 is 22.0 Å². The van der Waals surface area contributed by atoms with Crippen molar-refractivity contribution in [1.82, 2.24) is 0 Å². The molecular formula is C15H13BrN2O3. The first-order valence-corrected chi connectivity index (χ1v) is 7.11. The fraction of sp³-hybridized carbons (Fsp3) is 0.133. The maximum absolute atomic E-state index is 9.71. The highest BCUT2D eigenvalue weighted by atomic mass is 79.9. The summed E-state index contributed by atoms with van der Waals surface area (Å²) in [4.78, 5) is 0. The Hall–Kier alpha value is -2.21. The standard InChI is InChI=1S/C15H13BrN2O3/c16-8-1-3-13-10(5-8)12(7-20-15(17)18)11-6-9(19)2-4-14(11)21-13/h1-6,12,19H,7H2,(H3,17,18). The van der Waals surface area contributed by atoms with Crippen LogP contribution in [0.25, 0.3) is 0 Å². The number of ether oxygens (including phenoxy) is 2. The van der Waals surface area contributed by atoms with E-state index in [1.54, 1.807) is 18.2 Å². The minimum atomic E-state index is -0.334. The fourth-order valence-electron chi connectivity index (χ4n) is 2.42. The number of fused-ring (bicyclic) bond motifs is 2. The van der Waals surface area contributed by atoms with E-state index in [4.69, 9.17) is 20.6 Å². The number of nitrogens with one attached hydrogen (secondary N) is 1. The smallest absolute Gasteiger partial charge is 0.279 e. The van der Waals surface area contributed by atoms with Crippen LogP contribution in [-0.4, -0.2) is 17.7 Å². The summed E-state index contributed by atoms with van der Waals surface area (Å²) in [5.74, 6) is 1.38. The molecule has 0 amide bonds. The zero-order chi connectivity index (χ0) is 15.0. The molecule has 4 N–H and O–H groups in total. The van der Waals surface area contributed by atoms with Gasteiger partial charge in [0.25, 0.3) is 6.02 Å². The molecule has 0 saturated heterocycles. The van der Waals surface area contributed by atoms with Gasteiger partial charge in [-0.1, -0.05) is 15.9 Å². The summed E-state index contributed by atoms with van der Waals surface area (Å²) in [6.07, 6.45) is 0. The quantitative estimate of drug-likeness (QED) is 0.573. The van der Waals surface area contributed by atoms with Gasteiger partial charge in [-0.3, -0.25) is 5.41 Å². The van der Waals surface area contributed by atoms with Crippen molar-refractivity contribution in [1.29, 1.82) is 5.41 Å². The molecule has 1 aliphatic heterocycles. The highest BCUT2D eigenvalue weighted by molar-refractivity contribution is 9.10. The first-order valence-electron chi connectivity index (χ1n) is 6.31. The van der Waals surface area contributed by atoms with Crippen LogP contribution >= 0.6 is 15.9 Å². The molecule has 0 aromatic heterocycles. The predicted octanol–water partition coefficient (Wildman–Crippen LogP) is 3.30. The summed E-state index contributed by atoms with van der Waals surface area (Å²) in [6, 6.07) is 10.3. The number of rotatable bonds is 2. The molecule has 6 heteroatoms. The van der Waals surface area contributed by atoms with Gasteiger partial charge < -0.3 is 20.3 Å². The molecule has 0 fully saturated rings. The average molecular weight is 349 g/mol. The van der Waals surface area contributed by atoms with Crippen molar-refractivity contribution in [3.8, 4) is 17.2 Å². The number of benzene rings is 2. The van der Waals surface area contributed by atoms with E-state index < -0.39 is 0 Å². The molecule has 0 spiro atoms. The molecule has 1 aliphatic rings. The topological polar surface area (TPSA) is 88.6 Å². The number of halogens is 1. The van der Waals surface area contributed by atoms with E-state index in [0.717, 1.165) is 21.3 Å². The van der Waals surface area contributed by atoms with Crippen molar-refractivity contribution in [2.75, 3.05) is 6.61 Å². The Labute approximate surface area is 129 Å². The van der Waals surface area contributed by atoms with Gasteiger partial charge in [-0.05, 0) is 36.4 Å². The van der Waals surface area contributed by atoms with E-state index in [-0.39, 0.29) is 24.3 Å². The predicted molar refractivity (Wildman–Crippen MR) is 82.0 cm³/mol. The minimum absolute atomic E-state index is 0.156. The van der Waals surface area contributed by atoms with Gasteiger partial charge in [-0.25, -0.2) is 0 Å². The van der Waals surface area contributed by atoms with Crippen molar-refractivity contribution in [2.45, 2.75) is 5.92 Å². The van der Waals surface area contributed by atoms with Gasteiger partial charge in [0.15, 0.2) is 0 Å². The lowest BCUT2D eigenvalue weighted by molar-refractivity contribution is 0.274. The number of nitrogens with two attached hydrogens (primary N) is 1. The first-order chi connectivity index (χ1) is 10.0. The van der Waals surface area contributed by atoms with E-state index in [1.807, 2.05) is 18.2 Å². The van der Waals surface area contributed by atoms with Crippen molar-refractivity contribution in [3.05, 3.63) is 52.0 Å². The van der Waals surface area contributed by atoms with Crippen molar-refractivity contribution in [2.24, 2.45) is 5.73 Å². The van der Waals surface area contributed by atoms with Gasteiger partial charge in [0.2, 0.25) is 0 Å². The van der Waals surface area contributed by atoms with Crippen LogP contribution in [-0.2, 0) is 4.74 Å². The second kappa shape index (κ2) is 5.29. The zero-order valence-electron chi connectivity index (χ0n) is 11.0. The van der Waals surface area contributed by atoms with Crippen molar-refractivity contribution < 1.29 is 14.6 Å². The SMILES string of the molecule is N=C(N)OCC1c2cc(O)ccc2Oc2ccc(Br)cc21. The number of amidine groups is 1. The molecular weight excluding hydrogens is 336 g/mol. The Bertz CT molecular complexity index is 667. The molecule has 0 saturated carbocycles. The van der Waals surface area contributed by atoms with E-state index in [9.17, 15) is 5.11 Å². The van der Waals surface area contributed by atoms with Crippen LogP contribution in [0, 0.1) is 5.41 Å². The van der Waals surface area contributed by atoms with E-state index in [0.29, 0.717) is 5.75 Å². The number of aromatic hydroxyl groups is 1. The summed E-state index contributed by atoms with van der Waals surface area (Å²) in [5, 5.41) is 16.9.